The molecular formula is C20H26N2O2. The van der Waals surface area contributed by atoms with Crippen LogP contribution in [0.1, 0.15) is 30.3 Å². The Morgan fingerprint density at radius 1 is 1.25 bits per heavy atom. The summed E-state index contributed by atoms with van der Waals surface area (Å²) in [6.07, 6.45) is 4.30. The Kier molecular flexibility index (Phi) is 6.82. The average molecular weight is 326 g/mol. The van der Waals surface area contributed by atoms with Gasteiger partial charge in [0.1, 0.15) is 0 Å². The number of carbonyl (C=O) groups excluding carboxylic acids is 1. The Labute approximate surface area is 144 Å². The molecule has 0 atom stereocenters. The van der Waals surface area contributed by atoms with Crippen LogP contribution >= 0.6 is 0 Å². The zero-order valence-electron chi connectivity index (χ0n) is 14.7. The van der Waals surface area contributed by atoms with Crippen molar-refractivity contribution in [1.29, 1.82) is 0 Å². The number of para-hydroxylation sites is 1. The van der Waals surface area contributed by atoms with Gasteiger partial charge >= 0.3 is 0 Å². The van der Waals surface area contributed by atoms with Gasteiger partial charge in [-0.25, -0.2) is 0 Å². The molecule has 0 radical (unpaired) electrons. The van der Waals surface area contributed by atoms with Crippen LogP contribution in [-0.2, 0) is 9.53 Å². The second kappa shape index (κ2) is 9.08. The molecule has 0 saturated carbocycles. The Morgan fingerprint density at radius 3 is 2.71 bits per heavy atom. The molecule has 2 rings (SSSR count). The van der Waals surface area contributed by atoms with Crippen LogP contribution < -0.4 is 5.32 Å². The molecule has 2 aromatic rings. The Bertz CT molecular complexity index is 687. The first-order chi connectivity index (χ1) is 11.6. The second-order valence-electron chi connectivity index (χ2n) is 5.67. The fraction of sp³-hybridized carbons (Fsp3) is 0.350. The molecule has 0 bridgehead atoms. The lowest BCUT2D eigenvalue weighted by molar-refractivity contribution is -0.116. The molecule has 0 spiro atoms. The lowest BCUT2D eigenvalue weighted by Gasteiger charge is -2.09. The summed E-state index contributed by atoms with van der Waals surface area (Å²) in [6, 6.07) is 12.3. The molecule has 1 aromatic heterocycles. The van der Waals surface area contributed by atoms with Gasteiger partial charge in [-0.15, -0.1) is 0 Å². The lowest BCUT2D eigenvalue weighted by atomic mass is 10.2. The molecule has 128 valence electrons. The van der Waals surface area contributed by atoms with E-state index in [0.29, 0.717) is 19.8 Å². The fourth-order valence-electron chi connectivity index (χ4n) is 2.69. The minimum Gasteiger partial charge on any atom is -0.382 e. The van der Waals surface area contributed by atoms with Gasteiger partial charge in [0.2, 0.25) is 5.91 Å². The maximum Gasteiger partial charge on any atom is 0.244 e. The Balaban J connectivity index is 1.99. The number of nitrogens with zero attached hydrogens (tertiary/aromatic N) is 1. The van der Waals surface area contributed by atoms with Crippen LogP contribution in [0.2, 0.25) is 0 Å². The van der Waals surface area contributed by atoms with Crippen molar-refractivity contribution in [2.24, 2.45) is 0 Å². The predicted molar refractivity (Wildman–Crippen MR) is 98.4 cm³/mol. The highest BCUT2D eigenvalue weighted by Crippen LogP contribution is 2.21. The molecule has 1 heterocycles. The molecule has 1 N–H and O–H groups in total. The Hall–Kier alpha value is -2.33. The van der Waals surface area contributed by atoms with Gasteiger partial charge < -0.3 is 14.6 Å². The molecule has 0 aliphatic heterocycles. The van der Waals surface area contributed by atoms with Crippen LogP contribution in [0.5, 0.6) is 0 Å². The topological polar surface area (TPSA) is 43.3 Å². The molecule has 0 aliphatic rings. The highest BCUT2D eigenvalue weighted by Gasteiger charge is 2.08. The third-order valence-electron chi connectivity index (χ3n) is 3.87. The van der Waals surface area contributed by atoms with Crippen LogP contribution in [-0.4, -0.2) is 30.2 Å². The molecule has 1 amide bonds. The number of nitrogens with one attached hydrogen (secondary N) is 1. The second-order valence-corrected chi connectivity index (χ2v) is 5.67. The van der Waals surface area contributed by atoms with E-state index < -0.39 is 0 Å². The number of hydrogen-bond donors (Lipinski definition) is 1. The van der Waals surface area contributed by atoms with Crippen LogP contribution in [0.25, 0.3) is 11.8 Å². The van der Waals surface area contributed by atoms with Gasteiger partial charge in [-0.2, -0.15) is 0 Å². The summed E-state index contributed by atoms with van der Waals surface area (Å²) in [5, 5.41) is 2.87. The van der Waals surface area contributed by atoms with Crippen molar-refractivity contribution in [3.05, 3.63) is 59.4 Å². The van der Waals surface area contributed by atoms with Gasteiger partial charge in [-0.05, 0) is 57.0 Å². The number of carbonyl (C=O) groups is 1. The van der Waals surface area contributed by atoms with E-state index in [9.17, 15) is 4.79 Å². The summed E-state index contributed by atoms with van der Waals surface area (Å²) in [5.41, 5.74) is 4.46. The minimum atomic E-state index is -0.0731. The third-order valence-corrected chi connectivity index (χ3v) is 3.87. The standard InChI is InChI=1S/C20H26N2O2/c1-4-24-14-8-13-21-20(23)12-11-18-15-16(2)22(17(18)3)19-9-6-5-7-10-19/h5-7,9-12,15H,4,8,13-14H2,1-3H3,(H,21,23)/b12-11+. The maximum absolute atomic E-state index is 11.9. The first-order valence-corrected chi connectivity index (χ1v) is 8.41. The summed E-state index contributed by atoms with van der Waals surface area (Å²) < 4.78 is 7.44. The average Bonchev–Trinajstić information content (AvgIpc) is 2.87. The molecule has 4 heteroatoms. The summed E-state index contributed by atoms with van der Waals surface area (Å²) in [5.74, 6) is -0.0731. The number of hydrogen-bond acceptors (Lipinski definition) is 2. The van der Waals surface area contributed by atoms with Gasteiger partial charge in [0.05, 0.1) is 0 Å². The van der Waals surface area contributed by atoms with Crippen molar-refractivity contribution >= 4 is 12.0 Å². The zero-order chi connectivity index (χ0) is 17.4. The van der Waals surface area contributed by atoms with Crippen molar-refractivity contribution in [1.82, 2.24) is 9.88 Å². The van der Waals surface area contributed by atoms with Crippen molar-refractivity contribution in [2.45, 2.75) is 27.2 Å². The molecule has 0 unspecified atom stereocenters. The van der Waals surface area contributed by atoms with Gasteiger partial charge in [-0.3, -0.25) is 4.79 Å². The highest BCUT2D eigenvalue weighted by atomic mass is 16.5. The maximum atomic E-state index is 11.9. The largest absolute Gasteiger partial charge is 0.382 e. The minimum absolute atomic E-state index is 0.0731. The van der Waals surface area contributed by atoms with Gasteiger partial charge in [-0.1, -0.05) is 18.2 Å². The monoisotopic (exact) mass is 326 g/mol. The van der Waals surface area contributed by atoms with E-state index in [2.05, 4.69) is 41.9 Å². The molecule has 0 fully saturated rings. The number of benzene rings is 1. The van der Waals surface area contributed by atoms with Crippen molar-refractivity contribution < 1.29 is 9.53 Å². The van der Waals surface area contributed by atoms with Crippen LogP contribution in [0.15, 0.2) is 42.5 Å². The SMILES string of the molecule is CCOCCCNC(=O)/C=C/c1cc(C)n(-c2ccccc2)c1C. The predicted octanol–water partition coefficient (Wildman–Crippen LogP) is 3.65. The van der Waals surface area contributed by atoms with Crippen LogP contribution in [0.3, 0.4) is 0 Å². The number of amides is 1. The lowest BCUT2D eigenvalue weighted by Crippen LogP contribution is -2.23. The molecular weight excluding hydrogens is 300 g/mol. The highest BCUT2D eigenvalue weighted by molar-refractivity contribution is 5.91. The van der Waals surface area contributed by atoms with Gasteiger partial charge in [0.15, 0.2) is 0 Å². The molecule has 4 nitrogen and oxygen atoms in total. The molecule has 0 saturated heterocycles. The Morgan fingerprint density at radius 2 is 2.00 bits per heavy atom. The summed E-state index contributed by atoms with van der Waals surface area (Å²) >= 11 is 0. The number of aryl methyl sites for hydroxylation is 1. The number of ether oxygens (including phenoxy) is 1. The number of aromatic nitrogens is 1. The number of rotatable bonds is 8. The van der Waals surface area contributed by atoms with Crippen molar-refractivity contribution in [2.75, 3.05) is 19.8 Å². The third kappa shape index (κ3) is 4.83. The normalized spacial score (nSPS) is 11.1. The van der Waals surface area contributed by atoms with E-state index >= 15 is 0 Å². The van der Waals surface area contributed by atoms with Crippen LogP contribution in [0, 0.1) is 13.8 Å². The first-order valence-electron chi connectivity index (χ1n) is 8.41. The summed E-state index contributed by atoms with van der Waals surface area (Å²) in [6.45, 7) is 8.13. The summed E-state index contributed by atoms with van der Waals surface area (Å²) in [7, 11) is 0. The molecule has 24 heavy (non-hydrogen) atoms. The summed E-state index contributed by atoms with van der Waals surface area (Å²) in [4.78, 5) is 11.9. The zero-order valence-corrected chi connectivity index (χ0v) is 14.7. The van der Waals surface area contributed by atoms with E-state index in [1.54, 1.807) is 6.08 Å². The van der Waals surface area contributed by atoms with Gasteiger partial charge in [0, 0.05) is 42.9 Å². The smallest absolute Gasteiger partial charge is 0.244 e. The van der Waals surface area contributed by atoms with E-state index in [0.717, 1.165) is 29.1 Å². The van der Waals surface area contributed by atoms with Crippen molar-refractivity contribution in [3.8, 4) is 5.69 Å². The van der Waals surface area contributed by atoms with Gasteiger partial charge in [0.25, 0.3) is 0 Å². The first kappa shape index (κ1) is 18.0. The quantitative estimate of drug-likeness (QED) is 0.594. The van der Waals surface area contributed by atoms with E-state index in [1.807, 2.05) is 31.2 Å². The van der Waals surface area contributed by atoms with E-state index in [1.165, 1.54) is 0 Å². The van der Waals surface area contributed by atoms with E-state index in [-0.39, 0.29) is 5.91 Å². The fourth-order valence-corrected chi connectivity index (χ4v) is 2.69. The van der Waals surface area contributed by atoms with Crippen molar-refractivity contribution in [3.63, 3.8) is 0 Å². The van der Waals surface area contributed by atoms with E-state index in [4.69, 9.17) is 4.74 Å². The molecule has 0 aliphatic carbocycles. The van der Waals surface area contributed by atoms with Crippen LogP contribution in [0.4, 0.5) is 0 Å². The molecule has 1 aromatic carbocycles.